The number of hydrogen-bond acceptors (Lipinski definition) is 3. The fourth-order valence-corrected chi connectivity index (χ4v) is 3.96. The van der Waals surface area contributed by atoms with Gasteiger partial charge in [-0.2, -0.15) is 0 Å². The van der Waals surface area contributed by atoms with Crippen LogP contribution >= 0.6 is 0 Å². The molecule has 2 aliphatic heterocycles. The Hall–Kier alpha value is -2.95. The number of rotatable bonds is 4. The second-order valence-corrected chi connectivity index (χ2v) is 7.41. The zero-order valence-electron chi connectivity index (χ0n) is 15.3. The number of fused-ring (bicyclic) bond motifs is 1. The third kappa shape index (κ3) is 3.77. The summed E-state index contributed by atoms with van der Waals surface area (Å²) in [6.45, 7) is 1.57. The van der Waals surface area contributed by atoms with Crippen molar-refractivity contribution in [1.29, 1.82) is 5.41 Å². The number of likely N-dealkylation sites (tertiary alicyclic amines) is 1. The summed E-state index contributed by atoms with van der Waals surface area (Å²) in [6, 6.07) is 10.6. The molecule has 0 saturated carbocycles. The fraction of sp³-hybridized carbons (Fsp3) is 0.318. The van der Waals surface area contributed by atoms with Crippen molar-refractivity contribution >= 4 is 17.5 Å². The van der Waals surface area contributed by atoms with Crippen LogP contribution < -0.4 is 5.73 Å². The van der Waals surface area contributed by atoms with E-state index in [4.69, 9.17) is 11.1 Å². The van der Waals surface area contributed by atoms with Crippen molar-refractivity contribution in [3.8, 4) is 0 Å². The molecule has 1 amide bonds. The van der Waals surface area contributed by atoms with Crippen molar-refractivity contribution in [3.63, 3.8) is 0 Å². The number of nitrogens with zero attached hydrogens (tertiary/aromatic N) is 2. The molecule has 0 aromatic heterocycles. The van der Waals surface area contributed by atoms with Gasteiger partial charge >= 0.3 is 0 Å². The summed E-state index contributed by atoms with van der Waals surface area (Å²) < 4.78 is 0. The molecular formula is C22H24N4O. The predicted octanol–water partition coefficient (Wildman–Crippen LogP) is 2.85. The minimum atomic E-state index is -0.0523. The molecule has 1 aliphatic carbocycles. The van der Waals surface area contributed by atoms with Crippen LogP contribution in [0.25, 0.3) is 0 Å². The number of amides is 1. The standard InChI is InChI=1S/C22H24N4O/c23-21(24)17-6-7-19-18(13-17)14-20(25-19)22(27)26-10-8-16(9-11-26)12-15-4-2-1-3-5-15/h1-7,13-14,16,18H,8-12H2,(H3,23,24). The van der Waals surface area contributed by atoms with Crippen LogP contribution in [0.1, 0.15) is 18.4 Å². The average molecular weight is 360 g/mol. The molecule has 1 fully saturated rings. The van der Waals surface area contributed by atoms with E-state index in [-0.39, 0.29) is 17.7 Å². The second kappa shape index (κ2) is 7.35. The smallest absolute Gasteiger partial charge is 0.272 e. The van der Waals surface area contributed by atoms with Gasteiger partial charge in [0.05, 0.1) is 5.71 Å². The van der Waals surface area contributed by atoms with E-state index in [0.29, 0.717) is 17.2 Å². The SMILES string of the molecule is N=C(N)C1=CC2C=C(C(=O)N3CCC(Cc4ccccc4)CC3)N=C2C=C1. The third-order valence-corrected chi connectivity index (χ3v) is 5.52. The van der Waals surface area contributed by atoms with E-state index in [2.05, 4.69) is 29.3 Å². The molecule has 5 nitrogen and oxygen atoms in total. The fourth-order valence-electron chi connectivity index (χ4n) is 3.96. The van der Waals surface area contributed by atoms with Gasteiger partial charge in [0.2, 0.25) is 0 Å². The first-order chi connectivity index (χ1) is 13.1. The number of nitrogens with one attached hydrogen (secondary N) is 1. The number of benzene rings is 1. The van der Waals surface area contributed by atoms with Gasteiger partial charge in [-0.25, -0.2) is 4.99 Å². The molecule has 1 aromatic carbocycles. The van der Waals surface area contributed by atoms with Gasteiger partial charge in [0.1, 0.15) is 11.5 Å². The molecule has 138 valence electrons. The molecule has 2 heterocycles. The Kier molecular flexibility index (Phi) is 4.75. The third-order valence-electron chi connectivity index (χ3n) is 5.52. The Morgan fingerprint density at radius 2 is 1.89 bits per heavy atom. The maximum Gasteiger partial charge on any atom is 0.272 e. The number of nitrogens with two attached hydrogens (primary N) is 1. The molecule has 1 atom stereocenters. The van der Waals surface area contributed by atoms with Crippen LogP contribution in [0.5, 0.6) is 0 Å². The van der Waals surface area contributed by atoms with Crippen molar-refractivity contribution in [2.45, 2.75) is 19.3 Å². The van der Waals surface area contributed by atoms with Crippen molar-refractivity contribution < 1.29 is 4.79 Å². The quantitative estimate of drug-likeness (QED) is 0.639. The van der Waals surface area contributed by atoms with Gasteiger partial charge in [0.15, 0.2) is 0 Å². The first kappa shape index (κ1) is 17.5. The molecule has 0 radical (unpaired) electrons. The van der Waals surface area contributed by atoms with Gasteiger partial charge in [0, 0.05) is 24.6 Å². The number of amidine groups is 1. The lowest BCUT2D eigenvalue weighted by Crippen LogP contribution is -2.39. The maximum absolute atomic E-state index is 12.9. The van der Waals surface area contributed by atoms with Crippen LogP contribution in [0.4, 0.5) is 0 Å². The van der Waals surface area contributed by atoms with Gasteiger partial charge in [-0.05, 0) is 49.0 Å². The van der Waals surface area contributed by atoms with Crippen LogP contribution in [0, 0.1) is 17.2 Å². The summed E-state index contributed by atoms with van der Waals surface area (Å²) in [4.78, 5) is 19.3. The van der Waals surface area contributed by atoms with Gasteiger partial charge in [-0.1, -0.05) is 36.4 Å². The van der Waals surface area contributed by atoms with E-state index in [0.717, 1.165) is 38.1 Å². The summed E-state index contributed by atoms with van der Waals surface area (Å²) in [7, 11) is 0. The Morgan fingerprint density at radius 1 is 1.15 bits per heavy atom. The summed E-state index contributed by atoms with van der Waals surface area (Å²) >= 11 is 0. The largest absolute Gasteiger partial charge is 0.384 e. The molecule has 1 saturated heterocycles. The molecule has 4 rings (SSSR count). The monoisotopic (exact) mass is 360 g/mol. The Labute approximate surface area is 159 Å². The molecular weight excluding hydrogens is 336 g/mol. The van der Waals surface area contributed by atoms with Crippen LogP contribution in [0.2, 0.25) is 0 Å². The van der Waals surface area contributed by atoms with Crippen molar-refractivity contribution in [3.05, 3.63) is 71.5 Å². The lowest BCUT2D eigenvalue weighted by atomic mass is 9.90. The van der Waals surface area contributed by atoms with Gasteiger partial charge in [0.25, 0.3) is 5.91 Å². The number of allylic oxidation sites excluding steroid dienone is 3. The van der Waals surface area contributed by atoms with Gasteiger partial charge in [-0.15, -0.1) is 0 Å². The zero-order chi connectivity index (χ0) is 18.8. The zero-order valence-corrected chi connectivity index (χ0v) is 15.3. The highest BCUT2D eigenvalue weighted by Crippen LogP contribution is 2.28. The van der Waals surface area contributed by atoms with Crippen molar-refractivity contribution in [2.75, 3.05) is 13.1 Å². The summed E-state index contributed by atoms with van der Waals surface area (Å²) in [5.41, 5.74) is 8.98. The number of piperidine rings is 1. The molecule has 3 aliphatic rings. The molecule has 5 heteroatoms. The van der Waals surface area contributed by atoms with Crippen molar-refractivity contribution in [1.82, 2.24) is 4.90 Å². The number of carbonyl (C=O) groups is 1. The Morgan fingerprint density at radius 3 is 2.59 bits per heavy atom. The molecule has 27 heavy (non-hydrogen) atoms. The Bertz CT molecular complexity index is 871. The predicted molar refractivity (Wildman–Crippen MR) is 108 cm³/mol. The lowest BCUT2D eigenvalue weighted by Gasteiger charge is -2.32. The molecule has 1 unspecified atom stereocenters. The van der Waals surface area contributed by atoms with E-state index >= 15 is 0 Å². The van der Waals surface area contributed by atoms with Crippen LogP contribution in [-0.2, 0) is 11.2 Å². The van der Waals surface area contributed by atoms with Crippen LogP contribution in [-0.4, -0.2) is 35.4 Å². The topological polar surface area (TPSA) is 82.5 Å². The van der Waals surface area contributed by atoms with Crippen molar-refractivity contribution in [2.24, 2.45) is 22.6 Å². The number of hydrogen-bond donors (Lipinski definition) is 2. The first-order valence-electron chi connectivity index (χ1n) is 9.48. The molecule has 0 spiro atoms. The average Bonchev–Trinajstić information content (AvgIpc) is 3.12. The van der Waals surface area contributed by atoms with E-state index in [1.54, 1.807) is 6.08 Å². The van der Waals surface area contributed by atoms with E-state index in [9.17, 15) is 4.79 Å². The second-order valence-electron chi connectivity index (χ2n) is 7.41. The summed E-state index contributed by atoms with van der Waals surface area (Å²) in [6.07, 6.45) is 10.6. The molecule has 0 bridgehead atoms. The van der Waals surface area contributed by atoms with Crippen LogP contribution in [0.3, 0.4) is 0 Å². The number of carbonyl (C=O) groups excluding carboxylic acids is 1. The normalized spacial score (nSPS) is 22.0. The highest BCUT2D eigenvalue weighted by molar-refractivity contribution is 6.11. The maximum atomic E-state index is 12.9. The summed E-state index contributed by atoms with van der Waals surface area (Å²) in [5, 5.41) is 7.56. The van der Waals surface area contributed by atoms with Crippen LogP contribution in [0.15, 0.2) is 70.9 Å². The minimum absolute atomic E-state index is 0.0150. The number of aliphatic imine (C=N–C) groups is 1. The highest BCUT2D eigenvalue weighted by Gasteiger charge is 2.29. The first-order valence-corrected chi connectivity index (χ1v) is 9.48. The van der Waals surface area contributed by atoms with Gasteiger partial charge in [-0.3, -0.25) is 10.2 Å². The van der Waals surface area contributed by atoms with E-state index < -0.39 is 0 Å². The molecule has 3 N–H and O–H groups in total. The summed E-state index contributed by atoms with van der Waals surface area (Å²) in [5.74, 6) is 0.635. The lowest BCUT2D eigenvalue weighted by molar-refractivity contribution is -0.128. The highest BCUT2D eigenvalue weighted by atomic mass is 16.2. The van der Waals surface area contributed by atoms with Gasteiger partial charge < -0.3 is 10.6 Å². The molecule has 1 aromatic rings. The minimum Gasteiger partial charge on any atom is -0.384 e. The van der Waals surface area contributed by atoms with E-state index in [1.165, 1.54) is 5.56 Å². The van der Waals surface area contributed by atoms with E-state index in [1.807, 2.05) is 29.2 Å². The Balaban J connectivity index is 1.36.